The van der Waals surface area contributed by atoms with Crippen molar-refractivity contribution in [3.63, 3.8) is 0 Å². The van der Waals surface area contributed by atoms with E-state index in [0.717, 1.165) is 22.4 Å². The van der Waals surface area contributed by atoms with Crippen molar-refractivity contribution in [1.29, 1.82) is 0 Å². The number of para-hydroxylation sites is 1. The average Bonchev–Trinajstić information content (AvgIpc) is 2.41. The monoisotopic (exact) mass is 272 g/mol. The molecule has 0 aliphatic carbocycles. The molecule has 0 saturated heterocycles. The fraction of sp³-hybridized carbons (Fsp3) is 0.188. The topological polar surface area (TPSA) is 55.1 Å². The van der Waals surface area contributed by atoms with Crippen LogP contribution in [0, 0.1) is 12.7 Å². The van der Waals surface area contributed by atoms with Gasteiger partial charge in [0, 0.05) is 12.2 Å². The number of carbonyl (C=O) groups excluding carboxylic acids is 1. The summed E-state index contributed by atoms with van der Waals surface area (Å²) < 4.78 is 13.2. The van der Waals surface area contributed by atoms with Crippen molar-refractivity contribution in [2.75, 3.05) is 5.32 Å². The number of carbonyl (C=O) groups is 1. The second-order valence-corrected chi connectivity index (χ2v) is 4.72. The van der Waals surface area contributed by atoms with Crippen LogP contribution in [0.3, 0.4) is 0 Å². The molecular weight excluding hydrogens is 255 g/mol. The first-order valence-corrected chi connectivity index (χ1v) is 6.41. The van der Waals surface area contributed by atoms with E-state index in [1.54, 1.807) is 6.07 Å². The smallest absolute Gasteiger partial charge is 0.221 e. The minimum absolute atomic E-state index is 0.186. The predicted molar refractivity (Wildman–Crippen MR) is 77.8 cm³/mol. The lowest BCUT2D eigenvalue weighted by atomic mass is 10.1. The van der Waals surface area contributed by atoms with Crippen molar-refractivity contribution in [2.24, 2.45) is 5.73 Å². The summed E-state index contributed by atoms with van der Waals surface area (Å²) in [7, 11) is 0. The molecule has 4 heteroatoms. The standard InChI is InChI=1S/C16H17FN2O/c1-11-6-7-14(17)8-13(11)10-19-15-5-3-2-4-12(15)9-16(18)20/h2-8,19H,9-10H2,1H3,(H2,18,20). The van der Waals surface area contributed by atoms with Crippen molar-refractivity contribution in [2.45, 2.75) is 19.9 Å². The quantitative estimate of drug-likeness (QED) is 0.879. The highest BCUT2D eigenvalue weighted by Crippen LogP contribution is 2.18. The summed E-state index contributed by atoms with van der Waals surface area (Å²) in [5, 5.41) is 3.23. The number of nitrogens with two attached hydrogens (primary N) is 1. The van der Waals surface area contributed by atoms with Gasteiger partial charge in [-0.25, -0.2) is 4.39 Å². The Kier molecular flexibility index (Phi) is 4.35. The Morgan fingerprint density at radius 2 is 1.95 bits per heavy atom. The molecule has 3 nitrogen and oxygen atoms in total. The normalized spacial score (nSPS) is 10.3. The Morgan fingerprint density at radius 3 is 2.70 bits per heavy atom. The Hall–Kier alpha value is -2.36. The van der Waals surface area contributed by atoms with Gasteiger partial charge in [-0.2, -0.15) is 0 Å². The minimum atomic E-state index is -0.374. The van der Waals surface area contributed by atoms with E-state index in [1.165, 1.54) is 12.1 Å². The predicted octanol–water partition coefficient (Wildman–Crippen LogP) is 2.77. The molecule has 0 aliphatic rings. The summed E-state index contributed by atoms with van der Waals surface area (Å²) in [4.78, 5) is 11.0. The highest BCUT2D eigenvalue weighted by Gasteiger charge is 2.06. The molecule has 104 valence electrons. The first kappa shape index (κ1) is 14.1. The van der Waals surface area contributed by atoms with E-state index < -0.39 is 0 Å². The third kappa shape index (κ3) is 3.57. The zero-order valence-corrected chi connectivity index (χ0v) is 11.3. The third-order valence-corrected chi connectivity index (χ3v) is 3.16. The molecule has 0 saturated carbocycles. The zero-order chi connectivity index (χ0) is 14.5. The number of amides is 1. The summed E-state index contributed by atoms with van der Waals surface area (Å²) in [6.07, 6.45) is 0.186. The molecule has 0 aliphatic heterocycles. The van der Waals surface area contributed by atoms with Gasteiger partial charge >= 0.3 is 0 Å². The highest BCUT2D eigenvalue weighted by molar-refractivity contribution is 5.78. The fourth-order valence-corrected chi connectivity index (χ4v) is 2.06. The van der Waals surface area contributed by atoms with Crippen LogP contribution in [0.15, 0.2) is 42.5 Å². The lowest BCUT2D eigenvalue weighted by molar-refractivity contribution is -0.117. The number of anilines is 1. The molecule has 2 aromatic rings. The molecule has 0 bridgehead atoms. The Bertz CT molecular complexity index is 626. The average molecular weight is 272 g/mol. The largest absolute Gasteiger partial charge is 0.381 e. The number of benzene rings is 2. The van der Waals surface area contributed by atoms with E-state index in [9.17, 15) is 9.18 Å². The second-order valence-electron chi connectivity index (χ2n) is 4.72. The maximum atomic E-state index is 13.2. The molecule has 3 N–H and O–H groups in total. The number of hydrogen-bond donors (Lipinski definition) is 2. The van der Waals surface area contributed by atoms with Gasteiger partial charge in [-0.05, 0) is 41.8 Å². The van der Waals surface area contributed by atoms with Gasteiger partial charge in [0.2, 0.25) is 5.91 Å². The van der Waals surface area contributed by atoms with Crippen LogP contribution in [-0.4, -0.2) is 5.91 Å². The van der Waals surface area contributed by atoms with Crippen LogP contribution in [0.1, 0.15) is 16.7 Å². The van der Waals surface area contributed by atoms with E-state index in [0.29, 0.717) is 6.54 Å². The van der Waals surface area contributed by atoms with Crippen LogP contribution >= 0.6 is 0 Å². The van der Waals surface area contributed by atoms with Crippen LogP contribution in [0.5, 0.6) is 0 Å². The van der Waals surface area contributed by atoms with Crippen molar-refractivity contribution in [3.8, 4) is 0 Å². The Morgan fingerprint density at radius 1 is 1.20 bits per heavy atom. The van der Waals surface area contributed by atoms with Crippen molar-refractivity contribution in [1.82, 2.24) is 0 Å². The first-order valence-electron chi connectivity index (χ1n) is 6.41. The highest BCUT2D eigenvalue weighted by atomic mass is 19.1. The molecule has 0 fully saturated rings. The lowest BCUT2D eigenvalue weighted by Crippen LogP contribution is -2.15. The van der Waals surface area contributed by atoms with Gasteiger partial charge in [-0.3, -0.25) is 4.79 Å². The lowest BCUT2D eigenvalue weighted by Gasteiger charge is -2.12. The van der Waals surface area contributed by atoms with Crippen LogP contribution in [0.25, 0.3) is 0 Å². The molecule has 0 heterocycles. The molecule has 1 amide bonds. The molecule has 0 radical (unpaired) electrons. The van der Waals surface area contributed by atoms with Crippen LogP contribution in [0.4, 0.5) is 10.1 Å². The minimum Gasteiger partial charge on any atom is -0.381 e. The van der Waals surface area contributed by atoms with E-state index in [2.05, 4.69) is 5.32 Å². The van der Waals surface area contributed by atoms with Gasteiger partial charge in [0.05, 0.1) is 6.42 Å². The molecule has 0 aromatic heterocycles. The summed E-state index contributed by atoms with van der Waals surface area (Å²) in [6.45, 7) is 2.44. The van der Waals surface area contributed by atoms with E-state index in [-0.39, 0.29) is 18.1 Å². The van der Waals surface area contributed by atoms with E-state index >= 15 is 0 Å². The summed E-state index contributed by atoms with van der Waals surface area (Å²) in [5.41, 5.74) is 8.82. The number of halogens is 1. The maximum absolute atomic E-state index is 13.2. The molecule has 0 unspecified atom stereocenters. The number of rotatable bonds is 5. The summed E-state index contributed by atoms with van der Waals surface area (Å²) in [6, 6.07) is 12.2. The van der Waals surface area contributed by atoms with Crippen molar-refractivity contribution < 1.29 is 9.18 Å². The first-order chi connectivity index (χ1) is 9.56. The molecule has 2 rings (SSSR count). The van der Waals surface area contributed by atoms with Crippen molar-refractivity contribution >= 4 is 11.6 Å². The fourth-order valence-electron chi connectivity index (χ4n) is 2.06. The van der Waals surface area contributed by atoms with Gasteiger partial charge in [0.25, 0.3) is 0 Å². The Labute approximate surface area is 117 Å². The van der Waals surface area contributed by atoms with Gasteiger partial charge in [0.1, 0.15) is 5.82 Å². The van der Waals surface area contributed by atoms with Crippen molar-refractivity contribution in [3.05, 3.63) is 65.0 Å². The number of primary amides is 1. The zero-order valence-electron chi connectivity index (χ0n) is 11.3. The van der Waals surface area contributed by atoms with Gasteiger partial charge in [-0.15, -0.1) is 0 Å². The van der Waals surface area contributed by atoms with Gasteiger partial charge in [-0.1, -0.05) is 24.3 Å². The van der Waals surface area contributed by atoms with Crippen LogP contribution < -0.4 is 11.1 Å². The molecule has 0 atom stereocenters. The molecular formula is C16H17FN2O. The summed E-state index contributed by atoms with van der Waals surface area (Å²) in [5.74, 6) is -0.626. The number of aryl methyl sites for hydroxylation is 1. The number of hydrogen-bond acceptors (Lipinski definition) is 2. The molecule has 0 spiro atoms. The van der Waals surface area contributed by atoms with E-state index in [1.807, 2.05) is 31.2 Å². The maximum Gasteiger partial charge on any atom is 0.221 e. The van der Waals surface area contributed by atoms with Gasteiger partial charge < -0.3 is 11.1 Å². The second kappa shape index (κ2) is 6.19. The molecule has 2 aromatic carbocycles. The van der Waals surface area contributed by atoms with E-state index in [4.69, 9.17) is 5.73 Å². The van der Waals surface area contributed by atoms with Crippen LogP contribution in [0.2, 0.25) is 0 Å². The molecule has 20 heavy (non-hydrogen) atoms. The summed E-state index contributed by atoms with van der Waals surface area (Å²) >= 11 is 0. The Balaban J connectivity index is 2.14. The SMILES string of the molecule is Cc1ccc(F)cc1CNc1ccccc1CC(N)=O. The van der Waals surface area contributed by atoms with Gasteiger partial charge in [0.15, 0.2) is 0 Å². The van der Waals surface area contributed by atoms with Crippen LogP contribution in [-0.2, 0) is 17.8 Å². The third-order valence-electron chi connectivity index (χ3n) is 3.16. The number of nitrogens with one attached hydrogen (secondary N) is 1.